The van der Waals surface area contributed by atoms with Crippen LogP contribution in [0, 0.1) is 17.3 Å². The topological polar surface area (TPSA) is 32.3 Å². The second kappa shape index (κ2) is 6.75. The molecule has 0 aromatic carbocycles. The van der Waals surface area contributed by atoms with Gasteiger partial charge in [-0.3, -0.25) is 0 Å². The molecule has 102 valence electrons. The summed E-state index contributed by atoms with van der Waals surface area (Å²) in [5.41, 5.74) is 0.489. The monoisotopic (exact) mass is 241 g/mol. The SMILES string of the molecule is CC(CCO)NCC1CCC(C(C)(C)C)CC1. The van der Waals surface area contributed by atoms with Crippen LogP contribution in [0.25, 0.3) is 0 Å². The first-order valence-electron chi connectivity index (χ1n) is 7.27. The zero-order valence-corrected chi connectivity index (χ0v) is 12.1. The predicted octanol–water partition coefficient (Wildman–Crippen LogP) is 3.20. The fourth-order valence-corrected chi connectivity index (χ4v) is 2.90. The smallest absolute Gasteiger partial charge is 0.0445 e. The van der Waals surface area contributed by atoms with Crippen molar-refractivity contribution in [1.29, 1.82) is 0 Å². The number of aliphatic hydroxyl groups is 1. The van der Waals surface area contributed by atoms with E-state index >= 15 is 0 Å². The van der Waals surface area contributed by atoms with Crippen molar-refractivity contribution in [3.05, 3.63) is 0 Å². The van der Waals surface area contributed by atoms with Crippen molar-refractivity contribution >= 4 is 0 Å². The second-order valence-corrected chi connectivity index (χ2v) is 6.91. The van der Waals surface area contributed by atoms with Crippen molar-refractivity contribution in [2.24, 2.45) is 17.3 Å². The molecular weight excluding hydrogens is 210 g/mol. The highest BCUT2D eigenvalue weighted by Crippen LogP contribution is 2.39. The summed E-state index contributed by atoms with van der Waals surface area (Å²) in [6, 6.07) is 0.459. The van der Waals surface area contributed by atoms with E-state index in [4.69, 9.17) is 5.11 Å². The van der Waals surface area contributed by atoms with Crippen LogP contribution in [-0.2, 0) is 0 Å². The zero-order chi connectivity index (χ0) is 12.9. The molecular formula is C15H31NO. The van der Waals surface area contributed by atoms with Crippen molar-refractivity contribution in [3.8, 4) is 0 Å². The van der Waals surface area contributed by atoms with Crippen LogP contribution in [0.1, 0.15) is 59.8 Å². The second-order valence-electron chi connectivity index (χ2n) is 6.91. The summed E-state index contributed by atoms with van der Waals surface area (Å²) in [5.74, 6) is 1.77. The van der Waals surface area contributed by atoms with Crippen LogP contribution >= 0.6 is 0 Å². The number of hydrogen-bond acceptors (Lipinski definition) is 2. The van der Waals surface area contributed by atoms with E-state index in [-0.39, 0.29) is 0 Å². The quantitative estimate of drug-likeness (QED) is 0.775. The molecule has 0 radical (unpaired) electrons. The summed E-state index contributed by atoms with van der Waals surface area (Å²) in [4.78, 5) is 0. The van der Waals surface area contributed by atoms with Crippen molar-refractivity contribution in [2.45, 2.75) is 65.8 Å². The predicted molar refractivity (Wildman–Crippen MR) is 74.1 cm³/mol. The van der Waals surface area contributed by atoms with Gasteiger partial charge in [0.2, 0.25) is 0 Å². The Morgan fingerprint density at radius 3 is 2.24 bits per heavy atom. The van der Waals surface area contributed by atoms with Gasteiger partial charge in [0.25, 0.3) is 0 Å². The Labute approximate surface area is 107 Å². The standard InChI is InChI=1S/C15H31NO/c1-12(9-10-17)16-11-13-5-7-14(8-6-13)15(2,3)4/h12-14,16-17H,5-11H2,1-4H3. The third-order valence-electron chi connectivity index (χ3n) is 4.39. The van der Waals surface area contributed by atoms with E-state index in [1.165, 1.54) is 25.7 Å². The maximum Gasteiger partial charge on any atom is 0.0445 e. The van der Waals surface area contributed by atoms with E-state index in [1.807, 2.05) is 0 Å². The summed E-state index contributed by atoms with van der Waals surface area (Å²) in [6.07, 6.45) is 6.41. The Morgan fingerprint density at radius 1 is 1.18 bits per heavy atom. The van der Waals surface area contributed by atoms with Gasteiger partial charge in [-0.25, -0.2) is 0 Å². The van der Waals surface area contributed by atoms with E-state index in [0.717, 1.165) is 24.8 Å². The Morgan fingerprint density at radius 2 is 1.76 bits per heavy atom. The van der Waals surface area contributed by atoms with Gasteiger partial charge in [-0.1, -0.05) is 20.8 Å². The molecule has 1 atom stereocenters. The summed E-state index contributed by atoms with van der Waals surface area (Å²) >= 11 is 0. The molecule has 1 rings (SSSR count). The van der Waals surface area contributed by atoms with Crippen LogP contribution in [-0.4, -0.2) is 24.3 Å². The summed E-state index contributed by atoms with van der Waals surface area (Å²) in [6.45, 7) is 10.7. The maximum absolute atomic E-state index is 8.86. The molecule has 0 aromatic heterocycles. The van der Waals surface area contributed by atoms with Gasteiger partial charge in [0, 0.05) is 12.6 Å². The van der Waals surface area contributed by atoms with Gasteiger partial charge in [0.05, 0.1) is 0 Å². The average Bonchev–Trinajstić information content (AvgIpc) is 2.26. The molecule has 1 unspecified atom stereocenters. The molecule has 2 nitrogen and oxygen atoms in total. The maximum atomic E-state index is 8.86. The molecule has 0 aromatic rings. The Balaban J connectivity index is 2.19. The van der Waals surface area contributed by atoms with E-state index in [9.17, 15) is 0 Å². The fourth-order valence-electron chi connectivity index (χ4n) is 2.90. The van der Waals surface area contributed by atoms with Gasteiger partial charge in [-0.15, -0.1) is 0 Å². The van der Waals surface area contributed by atoms with Gasteiger partial charge in [0.15, 0.2) is 0 Å². The van der Waals surface area contributed by atoms with Crippen LogP contribution in [0.4, 0.5) is 0 Å². The highest BCUT2D eigenvalue weighted by molar-refractivity contribution is 4.81. The number of aliphatic hydroxyl groups excluding tert-OH is 1. The molecule has 1 saturated carbocycles. The number of nitrogens with one attached hydrogen (secondary N) is 1. The lowest BCUT2D eigenvalue weighted by Gasteiger charge is -2.37. The third kappa shape index (κ3) is 5.39. The molecule has 17 heavy (non-hydrogen) atoms. The molecule has 0 spiro atoms. The summed E-state index contributed by atoms with van der Waals surface area (Å²) in [5, 5.41) is 12.4. The first kappa shape index (κ1) is 15.0. The molecule has 0 bridgehead atoms. The highest BCUT2D eigenvalue weighted by Gasteiger charge is 2.29. The number of hydrogen-bond donors (Lipinski definition) is 2. The van der Waals surface area contributed by atoms with Crippen molar-refractivity contribution in [3.63, 3.8) is 0 Å². The van der Waals surface area contributed by atoms with Crippen molar-refractivity contribution in [2.75, 3.05) is 13.2 Å². The van der Waals surface area contributed by atoms with Gasteiger partial charge in [-0.05, 0) is 62.8 Å². The van der Waals surface area contributed by atoms with Crippen LogP contribution < -0.4 is 5.32 Å². The lowest BCUT2D eigenvalue weighted by Crippen LogP contribution is -2.35. The zero-order valence-electron chi connectivity index (χ0n) is 12.1. The molecule has 0 amide bonds. The average molecular weight is 241 g/mol. The van der Waals surface area contributed by atoms with Crippen LogP contribution in [0.15, 0.2) is 0 Å². The number of rotatable bonds is 5. The molecule has 2 heteroatoms. The van der Waals surface area contributed by atoms with Gasteiger partial charge < -0.3 is 10.4 Å². The minimum atomic E-state index is 0.297. The lowest BCUT2D eigenvalue weighted by molar-refractivity contribution is 0.147. The van der Waals surface area contributed by atoms with Gasteiger partial charge in [-0.2, -0.15) is 0 Å². The molecule has 0 saturated heterocycles. The first-order valence-corrected chi connectivity index (χ1v) is 7.27. The van der Waals surface area contributed by atoms with E-state index in [1.54, 1.807) is 0 Å². The normalized spacial score (nSPS) is 28.1. The Kier molecular flexibility index (Phi) is 5.94. The fraction of sp³-hybridized carbons (Fsp3) is 1.00. The summed E-state index contributed by atoms with van der Waals surface area (Å²) in [7, 11) is 0. The molecule has 1 aliphatic carbocycles. The molecule has 2 N–H and O–H groups in total. The highest BCUT2D eigenvalue weighted by atomic mass is 16.3. The van der Waals surface area contributed by atoms with Crippen LogP contribution in [0.5, 0.6) is 0 Å². The third-order valence-corrected chi connectivity index (χ3v) is 4.39. The van der Waals surface area contributed by atoms with Crippen molar-refractivity contribution < 1.29 is 5.11 Å². The lowest BCUT2D eigenvalue weighted by atomic mass is 9.70. The van der Waals surface area contributed by atoms with Crippen molar-refractivity contribution in [1.82, 2.24) is 5.32 Å². The summed E-state index contributed by atoms with van der Waals surface area (Å²) < 4.78 is 0. The molecule has 1 aliphatic rings. The minimum Gasteiger partial charge on any atom is -0.396 e. The Bertz CT molecular complexity index is 201. The van der Waals surface area contributed by atoms with Crippen LogP contribution in [0.3, 0.4) is 0 Å². The van der Waals surface area contributed by atoms with E-state index in [2.05, 4.69) is 33.0 Å². The van der Waals surface area contributed by atoms with E-state index < -0.39 is 0 Å². The molecule has 0 heterocycles. The van der Waals surface area contributed by atoms with E-state index in [0.29, 0.717) is 18.1 Å². The first-order chi connectivity index (χ1) is 7.93. The van der Waals surface area contributed by atoms with Gasteiger partial charge in [0.1, 0.15) is 0 Å². The molecule has 0 aliphatic heterocycles. The largest absolute Gasteiger partial charge is 0.396 e. The van der Waals surface area contributed by atoms with Gasteiger partial charge >= 0.3 is 0 Å². The Hall–Kier alpha value is -0.0800. The minimum absolute atomic E-state index is 0.297. The molecule has 1 fully saturated rings. The van der Waals surface area contributed by atoms with Crippen LogP contribution in [0.2, 0.25) is 0 Å².